The topological polar surface area (TPSA) is 136 Å². The molecule has 0 saturated heterocycles. The number of nitrogens with two attached hydrogens (primary N) is 1. The van der Waals surface area contributed by atoms with Gasteiger partial charge in [-0.1, -0.05) is 12.1 Å². The molecule has 0 atom stereocenters. The second kappa shape index (κ2) is 10.1. The highest BCUT2D eigenvalue weighted by Crippen LogP contribution is 2.33. The van der Waals surface area contributed by atoms with Gasteiger partial charge in [0.05, 0.1) is 12.2 Å². The third-order valence-electron chi connectivity index (χ3n) is 5.05. The molecule has 0 aliphatic heterocycles. The van der Waals surface area contributed by atoms with Gasteiger partial charge in [-0.2, -0.15) is 5.10 Å². The Morgan fingerprint density at radius 1 is 1.06 bits per heavy atom. The van der Waals surface area contributed by atoms with Gasteiger partial charge in [-0.05, 0) is 29.8 Å². The number of halogens is 2. The average molecular weight is 481 g/mol. The molecule has 5 N–H and O–H groups in total. The zero-order valence-electron chi connectivity index (χ0n) is 18.5. The summed E-state index contributed by atoms with van der Waals surface area (Å²) in [5, 5.41) is 11.9. The van der Waals surface area contributed by atoms with E-state index in [1.165, 1.54) is 24.0 Å². The normalized spacial score (nSPS) is 10.8. The lowest BCUT2D eigenvalue weighted by Gasteiger charge is -2.10. The molecule has 2 heterocycles. The van der Waals surface area contributed by atoms with Crippen LogP contribution in [-0.4, -0.2) is 46.8 Å². The van der Waals surface area contributed by atoms with E-state index in [0.29, 0.717) is 41.0 Å². The van der Waals surface area contributed by atoms with E-state index in [9.17, 15) is 18.4 Å². The Bertz CT molecular complexity index is 1390. The number of nitrogen functional groups attached to an aromatic ring is 1. The number of nitrogens with one attached hydrogen (secondary N) is 3. The van der Waals surface area contributed by atoms with Gasteiger partial charge in [-0.3, -0.25) is 4.79 Å². The van der Waals surface area contributed by atoms with Crippen molar-refractivity contribution in [3.8, 4) is 11.1 Å². The van der Waals surface area contributed by atoms with Crippen molar-refractivity contribution in [3.63, 3.8) is 0 Å². The van der Waals surface area contributed by atoms with E-state index in [-0.39, 0.29) is 17.4 Å². The Morgan fingerprint density at radius 3 is 2.49 bits per heavy atom. The van der Waals surface area contributed by atoms with Crippen LogP contribution >= 0.6 is 0 Å². The summed E-state index contributed by atoms with van der Waals surface area (Å²) in [5.41, 5.74) is 8.56. The van der Waals surface area contributed by atoms with Crippen molar-refractivity contribution in [2.45, 2.75) is 0 Å². The molecule has 0 radical (unpaired) electrons. The van der Waals surface area contributed by atoms with Gasteiger partial charge in [0.1, 0.15) is 11.8 Å². The van der Waals surface area contributed by atoms with Crippen LogP contribution < -0.4 is 21.7 Å². The summed E-state index contributed by atoms with van der Waals surface area (Å²) in [7, 11) is 1.54. The van der Waals surface area contributed by atoms with Crippen LogP contribution in [-0.2, 0) is 4.74 Å². The number of carbonyl (C=O) groups excluding carboxylic acids is 2. The number of hydrogen-bond donors (Lipinski definition) is 4. The van der Waals surface area contributed by atoms with Gasteiger partial charge in [-0.15, -0.1) is 0 Å². The maximum atomic E-state index is 13.4. The Kier molecular flexibility index (Phi) is 6.83. The van der Waals surface area contributed by atoms with E-state index in [4.69, 9.17) is 10.5 Å². The van der Waals surface area contributed by atoms with Crippen molar-refractivity contribution in [1.29, 1.82) is 0 Å². The third-order valence-corrected chi connectivity index (χ3v) is 5.05. The van der Waals surface area contributed by atoms with E-state index in [0.717, 1.165) is 12.1 Å². The molecule has 0 bridgehead atoms. The lowest BCUT2D eigenvalue weighted by molar-refractivity contribution is 0.0937. The molecule has 12 heteroatoms. The summed E-state index contributed by atoms with van der Waals surface area (Å²) >= 11 is 0. The quantitative estimate of drug-likeness (QED) is 0.299. The Morgan fingerprint density at radius 2 is 1.77 bits per heavy atom. The monoisotopic (exact) mass is 481 g/mol. The highest BCUT2D eigenvalue weighted by atomic mass is 19.2. The number of nitrogens with zero attached hydrogens (tertiary/aromatic N) is 3. The van der Waals surface area contributed by atoms with Crippen molar-refractivity contribution in [2.24, 2.45) is 0 Å². The fourth-order valence-corrected chi connectivity index (χ4v) is 3.45. The first-order valence-corrected chi connectivity index (χ1v) is 10.4. The third kappa shape index (κ3) is 5.17. The smallest absolute Gasteiger partial charge is 0.323 e. The molecule has 4 rings (SSSR count). The van der Waals surface area contributed by atoms with Crippen LogP contribution in [0.25, 0.3) is 16.6 Å². The Hall–Kier alpha value is -4.58. The van der Waals surface area contributed by atoms with Gasteiger partial charge in [0, 0.05) is 42.9 Å². The molecule has 0 unspecified atom stereocenters. The highest BCUT2D eigenvalue weighted by molar-refractivity contribution is 6.07. The predicted molar refractivity (Wildman–Crippen MR) is 126 cm³/mol. The van der Waals surface area contributed by atoms with Crippen molar-refractivity contribution < 1.29 is 23.1 Å². The highest BCUT2D eigenvalue weighted by Gasteiger charge is 2.21. The first-order valence-electron chi connectivity index (χ1n) is 10.4. The van der Waals surface area contributed by atoms with Crippen LogP contribution in [0, 0.1) is 11.6 Å². The average Bonchev–Trinajstić information content (AvgIpc) is 3.23. The summed E-state index contributed by atoms with van der Waals surface area (Å²) < 4.78 is 32.9. The predicted octanol–water partition coefficient (Wildman–Crippen LogP) is 3.28. The molecular formula is C23H21F2N7O3. The van der Waals surface area contributed by atoms with Crippen LogP contribution in [0.3, 0.4) is 0 Å². The SMILES string of the molecule is COCCNC(=O)c1cn2ncnc(N)c2c1-c1ccc(NC(=O)Nc2ccc(F)c(F)c2)cc1. The van der Waals surface area contributed by atoms with Gasteiger partial charge < -0.3 is 26.4 Å². The molecule has 0 spiro atoms. The Labute approximate surface area is 198 Å². The lowest BCUT2D eigenvalue weighted by atomic mass is 10.0. The van der Waals surface area contributed by atoms with Crippen LogP contribution in [0.2, 0.25) is 0 Å². The molecule has 0 fully saturated rings. The first-order chi connectivity index (χ1) is 16.9. The van der Waals surface area contributed by atoms with Gasteiger partial charge in [0.2, 0.25) is 0 Å². The number of hydrogen-bond acceptors (Lipinski definition) is 6. The van der Waals surface area contributed by atoms with Crippen molar-refractivity contribution in [1.82, 2.24) is 19.9 Å². The van der Waals surface area contributed by atoms with E-state index in [1.54, 1.807) is 30.5 Å². The minimum atomic E-state index is -1.07. The zero-order chi connectivity index (χ0) is 24.9. The molecule has 180 valence electrons. The standard InChI is InChI=1S/C23H21F2N7O3/c1-35-9-8-27-22(33)16-11-32-20(21(26)28-12-29-32)19(16)13-2-4-14(5-3-13)30-23(34)31-15-6-7-17(24)18(25)10-15/h2-7,10-12H,8-9H2,1H3,(H,27,33)(H2,26,28,29)(H2,30,31,34). The number of amides is 3. The number of ether oxygens (including phenoxy) is 1. The molecule has 4 aromatic rings. The van der Waals surface area contributed by atoms with Crippen LogP contribution in [0.5, 0.6) is 0 Å². The minimum Gasteiger partial charge on any atom is -0.383 e. The minimum absolute atomic E-state index is 0.0953. The number of fused-ring (bicyclic) bond motifs is 1. The van der Waals surface area contributed by atoms with Crippen LogP contribution in [0.4, 0.5) is 30.8 Å². The van der Waals surface area contributed by atoms with E-state index in [1.807, 2.05) is 0 Å². The maximum Gasteiger partial charge on any atom is 0.323 e. The molecule has 0 aliphatic carbocycles. The number of benzene rings is 2. The summed E-state index contributed by atoms with van der Waals surface area (Å²) in [6.45, 7) is 0.668. The fraction of sp³-hybridized carbons (Fsp3) is 0.130. The number of urea groups is 1. The second-order valence-corrected chi connectivity index (χ2v) is 7.39. The number of anilines is 3. The number of carbonyl (C=O) groups is 2. The fourth-order valence-electron chi connectivity index (χ4n) is 3.45. The molecule has 10 nitrogen and oxygen atoms in total. The summed E-state index contributed by atoms with van der Waals surface area (Å²) in [6.07, 6.45) is 2.85. The van der Waals surface area contributed by atoms with E-state index >= 15 is 0 Å². The summed E-state index contributed by atoms with van der Waals surface area (Å²) in [4.78, 5) is 29.1. The van der Waals surface area contributed by atoms with Crippen molar-refractivity contribution in [2.75, 3.05) is 36.6 Å². The van der Waals surface area contributed by atoms with Gasteiger partial charge in [0.15, 0.2) is 17.5 Å². The second-order valence-electron chi connectivity index (χ2n) is 7.39. The number of methoxy groups -OCH3 is 1. The zero-order valence-corrected chi connectivity index (χ0v) is 18.5. The molecule has 3 amide bonds. The largest absolute Gasteiger partial charge is 0.383 e. The summed E-state index contributed by atoms with van der Waals surface area (Å²) in [6, 6.07) is 9.02. The maximum absolute atomic E-state index is 13.4. The van der Waals surface area contributed by atoms with Crippen LogP contribution in [0.1, 0.15) is 10.4 Å². The Balaban J connectivity index is 1.58. The van der Waals surface area contributed by atoms with E-state index < -0.39 is 17.7 Å². The number of aromatic nitrogens is 3. The first kappa shape index (κ1) is 23.6. The lowest BCUT2D eigenvalue weighted by Crippen LogP contribution is -2.27. The summed E-state index contributed by atoms with van der Waals surface area (Å²) in [5.74, 6) is -2.23. The van der Waals surface area contributed by atoms with Crippen molar-refractivity contribution in [3.05, 3.63) is 72.2 Å². The van der Waals surface area contributed by atoms with Crippen molar-refractivity contribution >= 4 is 34.6 Å². The van der Waals surface area contributed by atoms with Gasteiger partial charge >= 0.3 is 6.03 Å². The van der Waals surface area contributed by atoms with Gasteiger partial charge in [-0.25, -0.2) is 23.1 Å². The molecule has 0 saturated carbocycles. The molecule has 35 heavy (non-hydrogen) atoms. The van der Waals surface area contributed by atoms with Gasteiger partial charge in [0.25, 0.3) is 5.91 Å². The molecule has 2 aromatic heterocycles. The van der Waals surface area contributed by atoms with E-state index in [2.05, 4.69) is 26.0 Å². The molecule has 2 aromatic carbocycles. The molecular weight excluding hydrogens is 460 g/mol. The number of rotatable bonds is 7. The molecule has 0 aliphatic rings. The van der Waals surface area contributed by atoms with Crippen LogP contribution in [0.15, 0.2) is 55.0 Å².